The number of para-hydroxylation sites is 1. The van der Waals surface area contributed by atoms with Crippen LogP contribution in [0.25, 0.3) is 0 Å². The minimum atomic E-state index is -0.0670. The quantitative estimate of drug-likeness (QED) is 0.527. The molecule has 0 fully saturated rings. The highest BCUT2D eigenvalue weighted by Gasteiger charge is 2.14. The molecular formula is C22H26N4O2S. The van der Waals surface area contributed by atoms with E-state index in [0.717, 1.165) is 29.2 Å². The Bertz CT molecular complexity index is 954. The molecule has 0 aliphatic heterocycles. The maximum atomic E-state index is 12.3. The summed E-state index contributed by atoms with van der Waals surface area (Å²) in [5.74, 6) is 1.78. The number of benzene rings is 2. The first-order valence-electron chi connectivity index (χ1n) is 9.72. The van der Waals surface area contributed by atoms with Crippen molar-refractivity contribution < 1.29 is 9.53 Å². The smallest absolute Gasteiger partial charge is 0.234 e. The van der Waals surface area contributed by atoms with Crippen molar-refractivity contribution in [3.8, 4) is 5.75 Å². The van der Waals surface area contributed by atoms with E-state index in [2.05, 4.69) is 22.4 Å². The second-order valence-electron chi connectivity index (χ2n) is 6.58. The third-order valence-electron chi connectivity index (χ3n) is 4.54. The number of carbonyl (C=O) groups excluding carboxylic acids is 1. The molecule has 29 heavy (non-hydrogen) atoms. The molecule has 1 N–H and O–H groups in total. The van der Waals surface area contributed by atoms with Crippen LogP contribution in [0.5, 0.6) is 5.75 Å². The molecule has 0 bridgehead atoms. The summed E-state index contributed by atoms with van der Waals surface area (Å²) in [7, 11) is 0. The lowest BCUT2D eigenvalue weighted by atomic mass is 10.1. The van der Waals surface area contributed by atoms with Crippen molar-refractivity contribution in [2.24, 2.45) is 0 Å². The van der Waals surface area contributed by atoms with E-state index < -0.39 is 0 Å². The van der Waals surface area contributed by atoms with E-state index in [0.29, 0.717) is 18.3 Å². The van der Waals surface area contributed by atoms with Gasteiger partial charge in [0.05, 0.1) is 5.75 Å². The molecule has 0 aliphatic carbocycles. The summed E-state index contributed by atoms with van der Waals surface area (Å²) < 4.78 is 7.87. The van der Waals surface area contributed by atoms with Gasteiger partial charge in [0, 0.05) is 12.2 Å². The van der Waals surface area contributed by atoms with Crippen LogP contribution >= 0.6 is 11.8 Å². The van der Waals surface area contributed by atoms with Gasteiger partial charge in [-0.2, -0.15) is 0 Å². The number of rotatable bonds is 9. The summed E-state index contributed by atoms with van der Waals surface area (Å²) in [5.41, 5.74) is 3.12. The van der Waals surface area contributed by atoms with Gasteiger partial charge in [-0.25, -0.2) is 0 Å². The molecule has 1 heterocycles. The largest absolute Gasteiger partial charge is 0.485 e. The molecule has 0 aliphatic rings. The average molecular weight is 411 g/mol. The van der Waals surface area contributed by atoms with Gasteiger partial charge in [-0.15, -0.1) is 10.2 Å². The molecule has 0 saturated heterocycles. The van der Waals surface area contributed by atoms with Gasteiger partial charge in [0.25, 0.3) is 0 Å². The van der Waals surface area contributed by atoms with Gasteiger partial charge < -0.3 is 14.6 Å². The number of thioether (sulfide) groups is 1. The normalized spacial score (nSPS) is 10.7. The van der Waals surface area contributed by atoms with E-state index >= 15 is 0 Å². The van der Waals surface area contributed by atoms with E-state index in [9.17, 15) is 4.79 Å². The number of aromatic nitrogens is 3. The number of ether oxygens (including phenoxy) is 1. The van der Waals surface area contributed by atoms with Crippen molar-refractivity contribution in [3.63, 3.8) is 0 Å². The van der Waals surface area contributed by atoms with E-state index in [1.807, 2.05) is 66.9 Å². The van der Waals surface area contributed by atoms with Crippen LogP contribution in [0.4, 0.5) is 5.69 Å². The highest BCUT2D eigenvalue weighted by Crippen LogP contribution is 2.21. The number of carbonyl (C=O) groups is 1. The van der Waals surface area contributed by atoms with Crippen molar-refractivity contribution in [3.05, 3.63) is 65.5 Å². The first-order valence-corrected chi connectivity index (χ1v) is 10.7. The SMILES string of the molecule is CCc1ccc(NC(=O)CSc2nnc(COc3ccccc3C)n2CC)cc1. The van der Waals surface area contributed by atoms with Crippen LogP contribution in [-0.2, 0) is 24.4 Å². The van der Waals surface area contributed by atoms with Crippen molar-refractivity contribution in [2.75, 3.05) is 11.1 Å². The Kier molecular flexibility index (Phi) is 7.30. The molecule has 0 radical (unpaired) electrons. The molecule has 0 saturated carbocycles. The van der Waals surface area contributed by atoms with Crippen molar-refractivity contribution in [2.45, 2.75) is 45.5 Å². The molecular weight excluding hydrogens is 384 g/mol. The standard InChI is InChI=1S/C22H26N4O2S/c1-4-17-10-12-18(13-11-17)23-21(27)15-29-22-25-24-20(26(22)5-2)14-28-19-9-7-6-8-16(19)3/h6-13H,4-5,14-15H2,1-3H3,(H,23,27). The van der Waals surface area contributed by atoms with Crippen molar-refractivity contribution >= 4 is 23.4 Å². The van der Waals surface area contributed by atoms with Gasteiger partial charge in [-0.1, -0.05) is 49.0 Å². The average Bonchev–Trinajstić information content (AvgIpc) is 3.14. The lowest BCUT2D eigenvalue weighted by Gasteiger charge is -2.10. The van der Waals surface area contributed by atoms with Gasteiger partial charge in [0.15, 0.2) is 11.0 Å². The van der Waals surface area contributed by atoms with Crippen LogP contribution in [-0.4, -0.2) is 26.4 Å². The van der Waals surface area contributed by atoms with Crippen LogP contribution in [0, 0.1) is 6.92 Å². The Morgan fingerprint density at radius 3 is 2.55 bits per heavy atom. The molecule has 152 valence electrons. The number of aryl methyl sites for hydroxylation is 2. The summed E-state index contributed by atoms with van der Waals surface area (Å²) in [6.07, 6.45) is 0.979. The topological polar surface area (TPSA) is 69.0 Å². The Balaban J connectivity index is 1.56. The summed E-state index contributed by atoms with van der Waals surface area (Å²) >= 11 is 1.37. The highest BCUT2D eigenvalue weighted by molar-refractivity contribution is 7.99. The summed E-state index contributed by atoms with van der Waals surface area (Å²) in [6, 6.07) is 15.8. The fraction of sp³-hybridized carbons (Fsp3) is 0.318. The summed E-state index contributed by atoms with van der Waals surface area (Å²) in [6.45, 7) is 7.19. The predicted octanol–water partition coefficient (Wildman–Crippen LogP) is 4.48. The number of amides is 1. The van der Waals surface area contributed by atoms with E-state index in [1.54, 1.807) is 0 Å². The number of hydrogen-bond donors (Lipinski definition) is 1. The second kappa shape index (κ2) is 10.1. The fourth-order valence-electron chi connectivity index (χ4n) is 2.86. The zero-order chi connectivity index (χ0) is 20.6. The van der Waals surface area contributed by atoms with Crippen molar-refractivity contribution in [1.82, 2.24) is 14.8 Å². The first-order chi connectivity index (χ1) is 14.1. The Labute approximate surface area is 175 Å². The first kappa shape index (κ1) is 20.9. The minimum Gasteiger partial charge on any atom is -0.485 e. The van der Waals surface area contributed by atoms with Crippen LogP contribution in [0.3, 0.4) is 0 Å². The molecule has 6 nitrogen and oxygen atoms in total. The molecule has 1 amide bonds. The Morgan fingerprint density at radius 2 is 1.86 bits per heavy atom. The Morgan fingerprint density at radius 1 is 1.10 bits per heavy atom. The zero-order valence-electron chi connectivity index (χ0n) is 17.0. The van der Waals surface area contributed by atoms with Gasteiger partial charge in [-0.3, -0.25) is 4.79 Å². The van der Waals surface area contributed by atoms with E-state index in [1.165, 1.54) is 17.3 Å². The fourth-order valence-corrected chi connectivity index (χ4v) is 3.68. The van der Waals surface area contributed by atoms with Gasteiger partial charge in [-0.05, 0) is 49.6 Å². The van der Waals surface area contributed by atoms with E-state index in [-0.39, 0.29) is 11.7 Å². The number of nitrogens with one attached hydrogen (secondary N) is 1. The lowest BCUT2D eigenvalue weighted by Crippen LogP contribution is -2.15. The third-order valence-corrected chi connectivity index (χ3v) is 5.51. The molecule has 3 rings (SSSR count). The number of nitrogens with zero attached hydrogens (tertiary/aromatic N) is 3. The van der Waals surface area contributed by atoms with Crippen LogP contribution in [0.2, 0.25) is 0 Å². The lowest BCUT2D eigenvalue weighted by molar-refractivity contribution is -0.113. The van der Waals surface area contributed by atoms with Crippen LogP contribution < -0.4 is 10.1 Å². The summed E-state index contributed by atoms with van der Waals surface area (Å²) in [5, 5.41) is 12.1. The van der Waals surface area contributed by atoms with E-state index in [4.69, 9.17) is 4.74 Å². The maximum Gasteiger partial charge on any atom is 0.234 e. The molecule has 0 atom stereocenters. The number of hydrogen-bond acceptors (Lipinski definition) is 5. The molecule has 1 aromatic heterocycles. The van der Waals surface area contributed by atoms with Gasteiger partial charge >= 0.3 is 0 Å². The van der Waals surface area contributed by atoms with Gasteiger partial charge in [0.2, 0.25) is 5.91 Å². The Hall–Kier alpha value is -2.80. The zero-order valence-corrected chi connectivity index (χ0v) is 17.8. The molecule has 0 unspecified atom stereocenters. The predicted molar refractivity (Wildman–Crippen MR) is 116 cm³/mol. The molecule has 2 aromatic carbocycles. The van der Waals surface area contributed by atoms with Gasteiger partial charge in [0.1, 0.15) is 12.4 Å². The molecule has 0 spiro atoms. The molecule has 3 aromatic rings. The minimum absolute atomic E-state index is 0.0670. The van der Waals surface area contributed by atoms with Crippen molar-refractivity contribution in [1.29, 1.82) is 0 Å². The third kappa shape index (κ3) is 5.60. The molecule has 7 heteroatoms. The highest BCUT2D eigenvalue weighted by atomic mass is 32.2. The maximum absolute atomic E-state index is 12.3. The van der Waals surface area contributed by atoms with Crippen LogP contribution in [0.15, 0.2) is 53.7 Å². The summed E-state index contributed by atoms with van der Waals surface area (Å²) in [4.78, 5) is 12.3. The monoisotopic (exact) mass is 410 g/mol. The van der Waals surface area contributed by atoms with Crippen LogP contribution in [0.1, 0.15) is 30.8 Å². The number of anilines is 1. The second-order valence-corrected chi connectivity index (χ2v) is 7.53.